The van der Waals surface area contributed by atoms with Crippen molar-refractivity contribution in [3.8, 4) is 0 Å². The highest BCUT2D eigenvalue weighted by Crippen LogP contribution is 2.31. The van der Waals surface area contributed by atoms with Crippen LogP contribution in [-0.4, -0.2) is 54.0 Å². The third-order valence-electron chi connectivity index (χ3n) is 5.78. The molecule has 2 unspecified atom stereocenters. The largest absolute Gasteiger partial charge is 0.391 e. The van der Waals surface area contributed by atoms with E-state index in [0.717, 1.165) is 25.7 Å². The van der Waals surface area contributed by atoms with E-state index in [9.17, 15) is 19.5 Å². The number of hydrogen-bond acceptors (Lipinski definition) is 6. The van der Waals surface area contributed by atoms with Crippen molar-refractivity contribution in [2.24, 2.45) is 29.2 Å². The number of rotatable bonds is 12. The summed E-state index contributed by atoms with van der Waals surface area (Å²) in [6.07, 6.45) is 5.08. The van der Waals surface area contributed by atoms with Gasteiger partial charge in [0.25, 0.3) is 0 Å². The number of nitrogens with one attached hydrogen (secondary N) is 2. The zero-order chi connectivity index (χ0) is 22.0. The normalized spacial score (nSPS) is 19.3. The standard InChI is InChI=1S/C21H40N4O4/c1-13(2)19(27)17(10-12-23)24-21(29)18(14(3)26)25-20(28)16(9-11-22)15-7-5-4-6-8-15/h13-18,26H,4-12,22-23H2,1-3H3,(H,24,29)(H,25,28)/t14?,16?,17-,18-/m0/s1. The summed E-state index contributed by atoms with van der Waals surface area (Å²) < 4.78 is 0. The summed E-state index contributed by atoms with van der Waals surface area (Å²) >= 11 is 0. The van der Waals surface area contributed by atoms with Crippen molar-refractivity contribution in [2.45, 2.75) is 83.9 Å². The Hall–Kier alpha value is -1.51. The molecule has 7 N–H and O–H groups in total. The third kappa shape index (κ3) is 8.03. The smallest absolute Gasteiger partial charge is 0.245 e. The molecule has 1 saturated carbocycles. The van der Waals surface area contributed by atoms with Crippen molar-refractivity contribution in [3.63, 3.8) is 0 Å². The first-order valence-corrected chi connectivity index (χ1v) is 11.0. The van der Waals surface area contributed by atoms with Crippen LogP contribution in [0.25, 0.3) is 0 Å². The number of amides is 2. The topological polar surface area (TPSA) is 148 Å². The van der Waals surface area contributed by atoms with Gasteiger partial charge in [-0.05, 0) is 51.6 Å². The van der Waals surface area contributed by atoms with E-state index in [0.29, 0.717) is 19.4 Å². The Kier molecular flexibility index (Phi) is 11.4. The van der Waals surface area contributed by atoms with E-state index in [1.54, 1.807) is 13.8 Å². The van der Waals surface area contributed by atoms with Crippen LogP contribution in [0, 0.1) is 17.8 Å². The molecule has 0 aromatic heterocycles. The van der Waals surface area contributed by atoms with Gasteiger partial charge in [0, 0.05) is 11.8 Å². The SMILES string of the molecule is CC(C)C(=O)[C@H](CCN)NC(=O)[C@@H](NC(=O)C(CCN)C1CCCCC1)C(C)O. The van der Waals surface area contributed by atoms with Crippen LogP contribution >= 0.6 is 0 Å². The first kappa shape index (κ1) is 25.5. The molecule has 0 heterocycles. The van der Waals surface area contributed by atoms with Crippen molar-refractivity contribution in [2.75, 3.05) is 13.1 Å². The minimum Gasteiger partial charge on any atom is -0.391 e. The van der Waals surface area contributed by atoms with Gasteiger partial charge in [-0.15, -0.1) is 0 Å². The van der Waals surface area contributed by atoms with Crippen molar-refractivity contribution in [1.82, 2.24) is 10.6 Å². The Labute approximate surface area is 174 Å². The van der Waals surface area contributed by atoms with E-state index in [1.807, 2.05) is 0 Å². The van der Waals surface area contributed by atoms with Crippen LogP contribution in [0.2, 0.25) is 0 Å². The Morgan fingerprint density at radius 1 is 0.931 bits per heavy atom. The van der Waals surface area contributed by atoms with Crippen LogP contribution in [0.15, 0.2) is 0 Å². The van der Waals surface area contributed by atoms with E-state index >= 15 is 0 Å². The average Bonchev–Trinajstić information content (AvgIpc) is 2.69. The number of hydrogen-bond donors (Lipinski definition) is 5. The minimum absolute atomic E-state index is 0.123. The fourth-order valence-corrected chi connectivity index (χ4v) is 4.08. The fourth-order valence-electron chi connectivity index (χ4n) is 4.08. The molecule has 29 heavy (non-hydrogen) atoms. The lowest BCUT2D eigenvalue weighted by Crippen LogP contribution is -2.57. The van der Waals surface area contributed by atoms with E-state index in [1.165, 1.54) is 13.3 Å². The number of aliphatic hydroxyl groups excluding tert-OH is 1. The van der Waals surface area contributed by atoms with Crippen molar-refractivity contribution < 1.29 is 19.5 Å². The quantitative estimate of drug-likeness (QED) is 0.314. The molecule has 2 amide bonds. The van der Waals surface area contributed by atoms with Gasteiger partial charge >= 0.3 is 0 Å². The second kappa shape index (κ2) is 12.9. The second-order valence-corrected chi connectivity index (χ2v) is 8.50. The van der Waals surface area contributed by atoms with Gasteiger partial charge in [-0.25, -0.2) is 0 Å². The molecule has 0 spiro atoms. The predicted molar refractivity (Wildman–Crippen MR) is 113 cm³/mol. The number of ketones is 1. The Morgan fingerprint density at radius 3 is 2.00 bits per heavy atom. The zero-order valence-electron chi connectivity index (χ0n) is 18.2. The summed E-state index contributed by atoms with van der Waals surface area (Å²) in [4.78, 5) is 38.1. The summed E-state index contributed by atoms with van der Waals surface area (Å²) in [6.45, 7) is 5.60. The van der Waals surface area contributed by atoms with E-state index < -0.39 is 24.1 Å². The highest BCUT2D eigenvalue weighted by Gasteiger charge is 2.34. The lowest BCUT2D eigenvalue weighted by molar-refractivity contribution is -0.136. The predicted octanol–water partition coefficient (Wildman–Crippen LogP) is 0.456. The number of Topliss-reactive ketones (excluding diaryl/α,β-unsaturated/α-hetero) is 1. The fraction of sp³-hybridized carbons (Fsp3) is 0.857. The molecule has 0 radical (unpaired) electrons. The molecule has 0 aliphatic heterocycles. The molecule has 1 aliphatic carbocycles. The van der Waals surface area contributed by atoms with Crippen molar-refractivity contribution in [3.05, 3.63) is 0 Å². The first-order valence-electron chi connectivity index (χ1n) is 11.0. The molecular weight excluding hydrogens is 372 g/mol. The van der Waals surface area contributed by atoms with E-state index in [-0.39, 0.29) is 36.0 Å². The molecule has 0 bridgehead atoms. The van der Waals surface area contributed by atoms with Gasteiger partial charge in [-0.2, -0.15) is 0 Å². The molecular formula is C21H40N4O4. The number of nitrogens with two attached hydrogens (primary N) is 2. The average molecular weight is 413 g/mol. The molecule has 1 aliphatic rings. The summed E-state index contributed by atoms with van der Waals surface area (Å²) in [5, 5.41) is 15.5. The molecule has 0 saturated heterocycles. The van der Waals surface area contributed by atoms with Gasteiger partial charge < -0.3 is 27.2 Å². The monoisotopic (exact) mass is 412 g/mol. The van der Waals surface area contributed by atoms with Crippen LogP contribution in [0.1, 0.15) is 65.7 Å². The van der Waals surface area contributed by atoms with E-state index in [4.69, 9.17) is 11.5 Å². The Bertz CT molecular complexity index is 533. The van der Waals surface area contributed by atoms with Gasteiger partial charge in [-0.1, -0.05) is 33.1 Å². The first-order chi connectivity index (χ1) is 13.7. The lowest BCUT2D eigenvalue weighted by Gasteiger charge is -2.31. The van der Waals surface area contributed by atoms with E-state index in [2.05, 4.69) is 10.6 Å². The maximum Gasteiger partial charge on any atom is 0.245 e. The Balaban J connectivity index is 2.86. The highest BCUT2D eigenvalue weighted by molar-refractivity contribution is 5.94. The van der Waals surface area contributed by atoms with Crippen LogP contribution in [-0.2, 0) is 14.4 Å². The van der Waals surface area contributed by atoms with Crippen LogP contribution in [0.4, 0.5) is 0 Å². The molecule has 0 aromatic rings. The van der Waals surface area contributed by atoms with Crippen LogP contribution in [0.5, 0.6) is 0 Å². The third-order valence-corrected chi connectivity index (χ3v) is 5.78. The maximum absolute atomic E-state index is 13.0. The lowest BCUT2D eigenvalue weighted by atomic mass is 9.78. The molecule has 1 fully saturated rings. The van der Waals surface area contributed by atoms with Gasteiger partial charge in [0.2, 0.25) is 11.8 Å². The van der Waals surface area contributed by atoms with Gasteiger partial charge in [0.1, 0.15) is 6.04 Å². The molecule has 8 nitrogen and oxygen atoms in total. The molecule has 1 rings (SSSR count). The van der Waals surface area contributed by atoms with Gasteiger partial charge in [-0.3, -0.25) is 14.4 Å². The van der Waals surface area contributed by atoms with Crippen LogP contribution in [0.3, 0.4) is 0 Å². The zero-order valence-corrected chi connectivity index (χ0v) is 18.2. The number of aliphatic hydroxyl groups is 1. The van der Waals surface area contributed by atoms with Crippen LogP contribution < -0.4 is 22.1 Å². The van der Waals surface area contributed by atoms with Gasteiger partial charge in [0.05, 0.1) is 12.1 Å². The minimum atomic E-state index is -1.13. The molecule has 0 aromatic carbocycles. The summed E-state index contributed by atoms with van der Waals surface area (Å²) in [6, 6.07) is -1.87. The number of carbonyl (C=O) groups excluding carboxylic acids is 3. The second-order valence-electron chi connectivity index (χ2n) is 8.50. The molecule has 4 atom stereocenters. The highest BCUT2D eigenvalue weighted by atomic mass is 16.3. The molecule has 168 valence electrons. The summed E-state index contributed by atoms with van der Waals surface area (Å²) in [5.41, 5.74) is 11.3. The maximum atomic E-state index is 13.0. The van der Waals surface area contributed by atoms with Crippen molar-refractivity contribution in [1.29, 1.82) is 0 Å². The summed E-state index contributed by atoms with van der Waals surface area (Å²) in [5.74, 6) is -1.23. The Morgan fingerprint density at radius 2 is 1.52 bits per heavy atom. The number of carbonyl (C=O) groups is 3. The molecule has 8 heteroatoms. The van der Waals surface area contributed by atoms with Crippen molar-refractivity contribution >= 4 is 17.6 Å². The summed E-state index contributed by atoms with van der Waals surface area (Å²) in [7, 11) is 0. The van der Waals surface area contributed by atoms with Gasteiger partial charge in [0.15, 0.2) is 5.78 Å².